The molecule has 1 aromatic heterocycles. The highest BCUT2D eigenvalue weighted by molar-refractivity contribution is 6.13. The van der Waals surface area contributed by atoms with Crippen molar-refractivity contribution >= 4 is 93.8 Å². The Bertz CT molecular complexity index is 4380. The molecule has 2 aliphatic carbocycles. The number of hydrogen-bond acceptors (Lipinski definition) is 28. The first-order chi connectivity index (χ1) is 59.8. The number of rotatable bonds is 49. The Morgan fingerprint density at radius 3 is 1.95 bits per heavy atom. The van der Waals surface area contributed by atoms with Gasteiger partial charge >= 0.3 is 6.09 Å². The highest BCUT2D eigenvalue weighted by Gasteiger charge is 2.43. The van der Waals surface area contributed by atoms with E-state index in [1.807, 2.05) is 37.4 Å². The Kier molecular flexibility index (Phi) is 36.1. The number of piperidine rings is 1. The average molecular weight is 1710 g/mol. The second-order valence-corrected chi connectivity index (χ2v) is 30.9. The molecule has 2 saturated carbocycles. The van der Waals surface area contributed by atoms with Crippen molar-refractivity contribution in [2.24, 2.45) is 5.92 Å². The summed E-state index contributed by atoms with van der Waals surface area (Å²) in [5, 5.41) is 16.1. The molecule has 6 heterocycles. The van der Waals surface area contributed by atoms with Gasteiger partial charge in [0.1, 0.15) is 42.2 Å². The fourth-order valence-electron chi connectivity index (χ4n) is 15.4. The summed E-state index contributed by atoms with van der Waals surface area (Å²) in [7, 11) is 3.40. The van der Waals surface area contributed by atoms with E-state index >= 15 is 0 Å². The van der Waals surface area contributed by atoms with Gasteiger partial charge < -0.3 is 98.4 Å². The molecular formula is C87H117N15O21. The zero-order valence-electron chi connectivity index (χ0n) is 71.1. The first-order valence-electron chi connectivity index (χ1n) is 42.6. The predicted molar refractivity (Wildman–Crippen MR) is 451 cm³/mol. The van der Waals surface area contributed by atoms with Gasteiger partial charge in [0.05, 0.1) is 150 Å². The third-order valence-electron chi connectivity index (χ3n) is 22.2. The number of carbonyl (C=O) groups excluding carboxylic acids is 10. The van der Waals surface area contributed by atoms with Crippen LogP contribution in [0.25, 0.3) is 5.70 Å². The summed E-state index contributed by atoms with van der Waals surface area (Å²) in [4.78, 5) is 147. The molecule has 36 heteroatoms. The van der Waals surface area contributed by atoms with Gasteiger partial charge in [-0.3, -0.25) is 58.4 Å². The molecule has 666 valence electrons. The lowest BCUT2D eigenvalue weighted by Gasteiger charge is -2.43. The van der Waals surface area contributed by atoms with E-state index in [0.29, 0.717) is 150 Å². The van der Waals surface area contributed by atoms with E-state index in [1.54, 1.807) is 87.3 Å². The van der Waals surface area contributed by atoms with Crippen molar-refractivity contribution in [2.45, 2.75) is 167 Å². The van der Waals surface area contributed by atoms with Crippen molar-refractivity contribution in [1.29, 1.82) is 0 Å². The van der Waals surface area contributed by atoms with Crippen LogP contribution in [0.1, 0.15) is 144 Å². The van der Waals surface area contributed by atoms with Crippen molar-refractivity contribution in [3.05, 3.63) is 113 Å². The number of fused-ring (bicyclic) bond motifs is 2. The number of ether oxygens (including phenoxy) is 11. The van der Waals surface area contributed by atoms with E-state index < -0.39 is 47.8 Å². The van der Waals surface area contributed by atoms with Crippen molar-refractivity contribution in [3.63, 3.8) is 0 Å². The summed E-state index contributed by atoms with van der Waals surface area (Å²) in [5.74, 6) is 4.60. The summed E-state index contributed by atoms with van der Waals surface area (Å²) in [6.45, 7) is 13.6. The van der Waals surface area contributed by atoms with Crippen LogP contribution in [-0.4, -0.2) is 277 Å². The molecule has 5 aliphatic heterocycles. The first-order valence-corrected chi connectivity index (χ1v) is 42.6. The Hall–Kier alpha value is -10.7. The molecule has 3 aromatic carbocycles. The van der Waals surface area contributed by atoms with Crippen LogP contribution < -0.4 is 52.1 Å². The third kappa shape index (κ3) is 26.7. The number of hydrogen-bond donors (Lipinski definition) is 7. The number of imide groups is 2. The van der Waals surface area contributed by atoms with Gasteiger partial charge in [-0.2, -0.15) is 4.98 Å². The van der Waals surface area contributed by atoms with Crippen LogP contribution in [0.3, 0.4) is 0 Å². The molecule has 7 N–H and O–H groups in total. The number of nitrogens with one attached hydrogen (secondary N) is 7. The fraction of sp³-hybridized carbons (Fsp3) is 0.563. The van der Waals surface area contributed by atoms with Gasteiger partial charge in [0, 0.05) is 98.3 Å². The highest BCUT2D eigenvalue weighted by atomic mass is 16.6. The van der Waals surface area contributed by atoms with Crippen LogP contribution in [0, 0.1) is 17.8 Å². The predicted octanol–water partition coefficient (Wildman–Crippen LogP) is 5.56. The number of nitrogens with zero attached hydrogens (tertiary/aromatic N) is 8. The Morgan fingerprint density at radius 2 is 1.33 bits per heavy atom. The van der Waals surface area contributed by atoms with E-state index in [0.717, 1.165) is 66.1 Å². The molecule has 4 aromatic rings. The second-order valence-electron chi connectivity index (χ2n) is 30.9. The quantitative estimate of drug-likeness (QED) is 0.0162. The molecule has 4 atom stereocenters. The third-order valence-corrected chi connectivity index (χ3v) is 22.2. The number of anilines is 5. The van der Waals surface area contributed by atoms with Crippen LogP contribution in [0.2, 0.25) is 0 Å². The maximum atomic E-state index is 14.4. The van der Waals surface area contributed by atoms with Crippen LogP contribution in [0.5, 0.6) is 5.75 Å². The van der Waals surface area contributed by atoms with Gasteiger partial charge in [-0.25, -0.2) is 9.78 Å². The van der Waals surface area contributed by atoms with Crippen LogP contribution in [0.4, 0.5) is 33.6 Å². The number of methoxy groups -OCH3 is 1. The molecule has 0 radical (unpaired) electrons. The Morgan fingerprint density at radius 1 is 0.691 bits per heavy atom. The SMILES string of the molecule is CC[C@@H]1C(=O)N(C)c2cnc(Nc3ccc(C4=CN(C5CCC(N(CCOCCC#Cc6cccc7c6CN(C6CCC(=O)NC6=O)C7=O)C(=O)OCc6ccc(NC(=O)[C@@H](C)NC(=O)[C@@H](NC(=O)CCOCCOCCOCCOCCOCCOCCOCCOCCN7C(=O)C=CC7=O)C(C)C)cc6)CC5)NN4)cc3OC)nc2N1C1CCCC1. The number of amides is 10. The zero-order valence-corrected chi connectivity index (χ0v) is 71.1. The standard InChI is InChI=1S/C87H117N15O21/c1-7-71-85(111)97(5)73-54-88-86(94-80(73)102(71)66-15-8-9-16-66)91-69-27-20-62(53-74(69)113-6)70-56-101(96-95-70)65-25-23-64(24-26-65)98(33-37-114-35-11-10-13-61-14-12-17-67-68(61)55-100(84(67)110)72-28-29-75(103)93-82(72)108)87(112)123-57-60-18-21-63(22-19-60)90-81(107)59(4)89-83(109)79(58(2)3)92-76(104)32-36-115-39-41-117-43-45-119-47-49-121-51-52-122-50-48-120-46-44-118-42-40-116-38-34-99-77(105)30-31-78(99)106/h12,14,17-22,27,30-31,53-54,56,58-59,64-66,71-72,79,95-96H,7-9,11,15-16,23-26,28-29,32-52,55,57H2,1-6H3,(H,89,109)(H,90,107)(H,92,104)(H,88,91,94)(H,93,103,108)/t59-,64?,65?,71-,72?,79+/m1/s1. The van der Waals surface area contributed by atoms with E-state index in [2.05, 4.69) is 64.3 Å². The van der Waals surface area contributed by atoms with Gasteiger partial charge in [-0.1, -0.05) is 69.7 Å². The molecule has 1 saturated heterocycles. The van der Waals surface area contributed by atoms with Crippen molar-refractivity contribution in [1.82, 2.24) is 56.6 Å². The minimum Gasteiger partial charge on any atom is -0.495 e. The Balaban J connectivity index is 0.582. The van der Waals surface area contributed by atoms with E-state index in [9.17, 15) is 47.9 Å². The fourth-order valence-corrected chi connectivity index (χ4v) is 15.4. The minimum absolute atomic E-state index is 0.00492. The molecule has 11 rings (SSSR count). The number of likely N-dealkylation sites (N-methyl/N-ethyl adjacent to an activating group) is 1. The molecule has 36 nitrogen and oxygen atoms in total. The summed E-state index contributed by atoms with van der Waals surface area (Å²) >= 11 is 0. The smallest absolute Gasteiger partial charge is 0.410 e. The van der Waals surface area contributed by atoms with Gasteiger partial charge in [0.2, 0.25) is 41.4 Å². The molecule has 7 aliphatic rings. The summed E-state index contributed by atoms with van der Waals surface area (Å²) in [6, 6.07) is 15.1. The van der Waals surface area contributed by atoms with Gasteiger partial charge in [0.15, 0.2) is 5.82 Å². The normalized spacial score (nSPS) is 18.7. The second kappa shape index (κ2) is 47.8. The van der Waals surface area contributed by atoms with E-state index in [4.69, 9.17) is 57.1 Å². The number of aromatic nitrogens is 2. The minimum atomic E-state index is -0.983. The maximum Gasteiger partial charge on any atom is 0.410 e. The van der Waals surface area contributed by atoms with E-state index in [1.165, 1.54) is 17.1 Å². The lowest BCUT2D eigenvalue weighted by molar-refractivity contribution is -0.138. The summed E-state index contributed by atoms with van der Waals surface area (Å²) < 4.78 is 62.2. The van der Waals surface area contributed by atoms with Crippen molar-refractivity contribution in [3.8, 4) is 17.6 Å². The molecule has 0 spiro atoms. The van der Waals surface area contributed by atoms with Gasteiger partial charge in [-0.05, 0) is 112 Å². The monoisotopic (exact) mass is 1710 g/mol. The van der Waals surface area contributed by atoms with Gasteiger partial charge in [-0.15, -0.1) is 5.53 Å². The van der Waals surface area contributed by atoms with Crippen molar-refractivity contribution < 1.29 is 100 Å². The lowest BCUT2D eigenvalue weighted by Crippen LogP contribution is -2.55. The molecule has 10 amide bonds. The lowest BCUT2D eigenvalue weighted by atomic mass is 9.90. The largest absolute Gasteiger partial charge is 0.495 e. The highest BCUT2D eigenvalue weighted by Crippen LogP contribution is 2.41. The zero-order chi connectivity index (χ0) is 87.0. The first kappa shape index (κ1) is 93.0. The molecule has 1 unspecified atom stereocenters. The summed E-state index contributed by atoms with van der Waals surface area (Å²) in [6.07, 6.45) is 14.1. The van der Waals surface area contributed by atoms with Crippen LogP contribution in [0.15, 0.2) is 85.2 Å². The molecular weight excluding hydrogens is 1590 g/mol. The maximum absolute atomic E-state index is 14.4. The Labute approximate surface area is 717 Å². The number of benzene rings is 3. The molecule has 123 heavy (non-hydrogen) atoms. The topological polar surface area (TPSA) is 402 Å². The molecule has 0 bridgehead atoms. The van der Waals surface area contributed by atoms with Crippen molar-refractivity contribution in [2.75, 3.05) is 167 Å². The molecule has 3 fully saturated rings. The average Bonchev–Trinajstić information content (AvgIpc) is 1.63. The van der Waals surface area contributed by atoms with Crippen LogP contribution in [-0.2, 0) is 98.9 Å². The van der Waals surface area contributed by atoms with Crippen LogP contribution >= 0.6 is 0 Å². The van der Waals surface area contributed by atoms with Gasteiger partial charge in [0.25, 0.3) is 17.7 Å². The van der Waals surface area contributed by atoms with E-state index in [-0.39, 0.29) is 145 Å². The number of carbonyl (C=O) groups is 10. The number of hydrazine groups is 2. The summed E-state index contributed by atoms with van der Waals surface area (Å²) in [5.41, 5.74) is 12.7.